The highest BCUT2D eigenvalue weighted by molar-refractivity contribution is 7.09. The second kappa shape index (κ2) is 4.14. The third kappa shape index (κ3) is 1.81. The Hall–Kier alpha value is -0.820. The summed E-state index contributed by atoms with van der Waals surface area (Å²) < 4.78 is 0. The third-order valence-corrected chi connectivity index (χ3v) is 2.17. The van der Waals surface area contributed by atoms with Crippen molar-refractivity contribution in [2.45, 2.75) is 13.8 Å². The number of thiophene rings is 1. The standard InChI is InChI=1S/C8H6S.C2H6/c1-2-4-8-6-9-5-7(8)3-1;1-2/h1-6H;1-2H3. The molecule has 0 fully saturated rings. The van der Waals surface area contributed by atoms with Crippen molar-refractivity contribution in [3.05, 3.63) is 35.0 Å². The van der Waals surface area contributed by atoms with Crippen LogP contribution in [-0.4, -0.2) is 0 Å². The van der Waals surface area contributed by atoms with Crippen molar-refractivity contribution in [2.75, 3.05) is 0 Å². The van der Waals surface area contributed by atoms with Crippen LogP contribution in [0, 0.1) is 0 Å². The summed E-state index contributed by atoms with van der Waals surface area (Å²) in [4.78, 5) is 0. The van der Waals surface area contributed by atoms with Gasteiger partial charge in [0.1, 0.15) is 0 Å². The summed E-state index contributed by atoms with van der Waals surface area (Å²) in [6.07, 6.45) is 0. The zero-order valence-corrected chi connectivity index (χ0v) is 7.69. The molecule has 1 aromatic heterocycles. The minimum absolute atomic E-state index is 1.35. The molecule has 1 heterocycles. The molecule has 0 amide bonds. The predicted molar refractivity (Wildman–Crippen MR) is 53.2 cm³/mol. The van der Waals surface area contributed by atoms with E-state index in [9.17, 15) is 0 Å². The summed E-state index contributed by atoms with van der Waals surface area (Å²) in [6, 6.07) is 8.39. The molecule has 0 aliphatic heterocycles. The Morgan fingerprint density at radius 1 is 0.909 bits per heavy atom. The van der Waals surface area contributed by atoms with Crippen LogP contribution in [0.3, 0.4) is 0 Å². The quantitative estimate of drug-likeness (QED) is 0.553. The molecule has 0 bridgehead atoms. The van der Waals surface area contributed by atoms with E-state index in [1.54, 1.807) is 11.3 Å². The van der Waals surface area contributed by atoms with Crippen molar-refractivity contribution in [1.29, 1.82) is 0 Å². The van der Waals surface area contributed by atoms with Crippen LogP contribution < -0.4 is 0 Å². The zero-order valence-electron chi connectivity index (χ0n) is 6.87. The van der Waals surface area contributed by atoms with Crippen molar-refractivity contribution in [3.63, 3.8) is 0 Å². The van der Waals surface area contributed by atoms with E-state index in [4.69, 9.17) is 0 Å². The minimum atomic E-state index is 1.35. The number of fused-ring (bicyclic) bond motifs is 1. The van der Waals surface area contributed by atoms with Gasteiger partial charge in [0.25, 0.3) is 0 Å². The summed E-state index contributed by atoms with van der Waals surface area (Å²) in [5.41, 5.74) is 0. The third-order valence-electron chi connectivity index (χ3n) is 1.39. The molecule has 0 saturated carbocycles. The average molecular weight is 164 g/mol. The molecule has 2 aromatic rings. The molecule has 1 heteroatoms. The number of hydrogen-bond donors (Lipinski definition) is 0. The van der Waals surface area contributed by atoms with Gasteiger partial charge in [0.05, 0.1) is 0 Å². The molecular formula is C10H12S. The molecule has 1 aromatic carbocycles. The molecular weight excluding hydrogens is 152 g/mol. The van der Waals surface area contributed by atoms with E-state index < -0.39 is 0 Å². The summed E-state index contributed by atoms with van der Waals surface area (Å²) in [5.74, 6) is 0. The highest BCUT2D eigenvalue weighted by atomic mass is 32.1. The van der Waals surface area contributed by atoms with Gasteiger partial charge in [-0.1, -0.05) is 38.1 Å². The van der Waals surface area contributed by atoms with Crippen LogP contribution in [-0.2, 0) is 0 Å². The molecule has 0 N–H and O–H groups in total. The first-order valence-electron chi connectivity index (χ1n) is 3.88. The van der Waals surface area contributed by atoms with Crippen molar-refractivity contribution < 1.29 is 0 Å². The molecule has 0 atom stereocenters. The van der Waals surface area contributed by atoms with Crippen LogP contribution in [0.5, 0.6) is 0 Å². The van der Waals surface area contributed by atoms with Gasteiger partial charge in [0.15, 0.2) is 0 Å². The summed E-state index contributed by atoms with van der Waals surface area (Å²) in [5, 5.41) is 7.02. The Kier molecular flexibility index (Phi) is 3.12. The van der Waals surface area contributed by atoms with Gasteiger partial charge in [-0.25, -0.2) is 0 Å². The van der Waals surface area contributed by atoms with E-state index in [0.29, 0.717) is 0 Å². The van der Waals surface area contributed by atoms with Crippen LogP contribution in [0.15, 0.2) is 35.0 Å². The molecule has 0 spiro atoms. The van der Waals surface area contributed by atoms with Gasteiger partial charge in [-0.2, -0.15) is 11.3 Å². The fourth-order valence-electron chi connectivity index (χ4n) is 0.906. The molecule has 0 aliphatic rings. The molecule has 58 valence electrons. The fourth-order valence-corrected chi connectivity index (χ4v) is 1.70. The van der Waals surface area contributed by atoms with E-state index >= 15 is 0 Å². The Balaban J connectivity index is 0.000000281. The highest BCUT2D eigenvalue weighted by Gasteiger charge is 1.87. The average Bonchev–Trinajstić information content (AvgIpc) is 2.55. The molecule has 11 heavy (non-hydrogen) atoms. The van der Waals surface area contributed by atoms with Gasteiger partial charge in [-0.15, -0.1) is 0 Å². The molecule has 0 aliphatic carbocycles. The molecule has 0 radical (unpaired) electrons. The van der Waals surface area contributed by atoms with Gasteiger partial charge in [0, 0.05) is 0 Å². The Bertz CT molecular complexity index is 279. The smallest absolute Gasteiger partial charge is 0.00145 e. The lowest BCUT2D eigenvalue weighted by Gasteiger charge is -1.82. The van der Waals surface area contributed by atoms with Crippen LogP contribution >= 0.6 is 11.3 Å². The van der Waals surface area contributed by atoms with Crippen LogP contribution in [0.4, 0.5) is 0 Å². The topological polar surface area (TPSA) is 0 Å². The zero-order chi connectivity index (χ0) is 8.10. The van der Waals surface area contributed by atoms with Crippen molar-refractivity contribution in [1.82, 2.24) is 0 Å². The number of benzene rings is 1. The van der Waals surface area contributed by atoms with Gasteiger partial charge in [-0.05, 0) is 21.5 Å². The fraction of sp³-hybridized carbons (Fsp3) is 0.200. The second-order valence-electron chi connectivity index (χ2n) is 2.00. The van der Waals surface area contributed by atoms with E-state index in [0.717, 1.165) is 0 Å². The first-order chi connectivity index (χ1) is 5.47. The molecule has 0 unspecified atom stereocenters. The lowest BCUT2D eigenvalue weighted by molar-refractivity contribution is 1.50. The first-order valence-corrected chi connectivity index (χ1v) is 4.82. The van der Waals surface area contributed by atoms with Crippen LogP contribution in [0.1, 0.15) is 13.8 Å². The van der Waals surface area contributed by atoms with Gasteiger partial charge in [-0.3, -0.25) is 0 Å². The lowest BCUT2D eigenvalue weighted by atomic mass is 10.2. The Morgan fingerprint density at radius 3 is 1.82 bits per heavy atom. The number of rotatable bonds is 0. The van der Waals surface area contributed by atoms with Gasteiger partial charge >= 0.3 is 0 Å². The maximum absolute atomic E-state index is 2.16. The van der Waals surface area contributed by atoms with Crippen molar-refractivity contribution >= 4 is 22.1 Å². The molecule has 2 rings (SSSR count). The minimum Gasteiger partial charge on any atom is -0.151 e. The number of hydrogen-bond acceptors (Lipinski definition) is 1. The van der Waals surface area contributed by atoms with E-state index in [-0.39, 0.29) is 0 Å². The second-order valence-corrected chi connectivity index (χ2v) is 2.74. The highest BCUT2D eigenvalue weighted by Crippen LogP contribution is 2.17. The summed E-state index contributed by atoms with van der Waals surface area (Å²) in [7, 11) is 0. The predicted octanol–water partition coefficient (Wildman–Crippen LogP) is 3.93. The maximum atomic E-state index is 2.16. The maximum Gasteiger partial charge on any atom is -0.00145 e. The largest absolute Gasteiger partial charge is 0.151 e. The molecule has 0 saturated heterocycles. The Morgan fingerprint density at radius 2 is 1.36 bits per heavy atom. The van der Waals surface area contributed by atoms with Gasteiger partial charge in [0.2, 0.25) is 0 Å². The van der Waals surface area contributed by atoms with E-state index in [1.165, 1.54) is 10.8 Å². The lowest BCUT2D eigenvalue weighted by Crippen LogP contribution is -1.57. The monoisotopic (exact) mass is 164 g/mol. The van der Waals surface area contributed by atoms with Crippen LogP contribution in [0.2, 0.25) is 0 Å². The van der Waals surface area contributed by atoms with Crippen LogP contribution in [0.25, 0.3) is 10.8 Å². The SMILES string of the molecule is CC.c1ccc2cscc2c1. The Labute approximate surface area is 71.5 Å². The van der Waals surface area contributed by atoms with Crippen molar-refractivity contribution in [2.24, 2.45) is 0 Å². The molecule has 0 nitrogen and oxygen atoms in total. The summed E-state index contributed by atoms with van der Waals surface area (Å²) in [6.45, 7) is 4.00. The summed E-state index contributed by atoms with van der Waals surface area (Å²) >= 11 is 1.75. The van der Waals surface area contributed by atoms with Gasteiger partial charge < -0.3 is 0 Å². The van der Waals surface area contributed by atoms with E-state index in [2.05, 4.69) is 35.0 Å². The normalized spacial score (nSPS) is 8.91. The van der Waals surface area contributed by atoms with Crippen molar-refractivity contribution in [3.8, 4) is 0 Å². The van der Waals surface area contributed by atoms with E-state index in [1.807, 2.05) is 13.8 Å². The first kappa shape index (κ1) is 8.28.